The van der Waals surface area contributed by atoms with Crippen molar-refractivity contribution in [1.29, 1.82) is 0 Å². The van der Waals surface area contributed by atoms with E-state index in [0.29, 0.717) is 23.0 Å². The van der Waals surface area contributed by atoms with Crippen molar-refractivity contribution in [3.8, 4) is 28.6 Å². The maximum atomic E-state index is 13.3. The third-order valence-corrected chi connectivity index (χ3v) is 4.58. The first-order valence-corrected chi connectivity index (χ1v) is 8.48. The lowest BCUT2D eigenvalue weighted by Gasteiger charge is -2.12. The Balaban J connectivity index is 1.98. The number of hydrogen-bond acceptors (Lipinski definition) is 6. The predicted octanol–water partition coefficient (Wildman–Crippen LogP) is 2.54. The van der Waals surface area contributed by atoms with Crippen molar-refractivity contribution in [1.82, 2.24) is 19.3 Å². The van der Waals surface area contributed by atoms with Crippen molar-refractivity contribution in [2.75, 3.05) is 19.7 Å². The second-order valence-corrected chi connectivity index (χ2v) is 6.15. The van der Waals surface area contributed by atoms with E-state index in [1.165, 1.54) is 23.6 Å². The van der Waals surface area contributed by atoms with Crippen LogP contribution in [0, 0.1) is 0 Å². The van der Waals surface area contributed by atoms with Crippen LogP contribution in [0.15, 0.2) is 47.3 Å². The molecule has 0 unspecified atom stereocenters. The smallest absolute Gasteiger partial charge is 0.284 e. The topological polar surface area (TPSA) is 106 Å². The first-order valence-electron chi connectivity index (χ1n) is 8.48. The summed E-state index contributed by atoms with van der Waals surface area (Å²) in [5.74, 6) is 1.62. The van der Waals surface area contributed by atoms with E-state index in [2.05, 4.69) is 15.4 Å². The molecular weight excluding hydrogens is 362 g/mol. The van der Waals surface area contributed by atoms with E-state index >= 15 is 0 Å². The monoisotopic (exact) mass is 381 g/mol. The molecule has 4 aromatic rings. The Bertz CT molecular complexity index is 1170. The van der Waals surface area contributed by atoms with Gasteiger partial charge in [0.25, 0.3) is 5.56 Å². The summed E-state index contributed by atoms with van der Waals surface area (Å²) in [5.41, 5.74) is 3.99. The highest BCUT2D eigenvalue weighted by Gasteiger charge is 2.23. The van der Waals surface area contributed by atoms with Crippen LogP contribution in [0.2, 0.25) is 0 Å². The van der Waals surface area contributed by atoms with E-state index in [1.807, 2.05) is 24.3 Å². The quantitative estimate of drug-likeness (QED) is 0.459. The fraction of sp³-hybridized carbons (Fsp3) is 0.158. The van der Waals surface area contributed by atoms with Gasteiger partial charge in [0.15, 0.2) is 5.82 Å². The molecule has 4 rings (SSSR count). The highest BCUT2D eigenvalue weighted by Crippen LogP contribution is 2.29. The van der Waals surface area contributed by atoms with Gasteiger partial charge in [-0.15, -0.1) is 0 Å². The zero-order chi connectivity index (χ0) is 19.8. The minimum atomic E-state index is -0.367. The highest BCUT2D eigenvalue weighted by molar-refractivity contribution is 5.82. The summed E-state index contributed by atoms with van der Waals surface area (Å²) < 4.78 is 13.5. The number of methoxy groups -OCH3 is 2. The molecule has 9 nitrogen and oxygen atoms in total. The number of ether oxygens (including phenoxy) is 2. The van der Waals surface area contributed by atoms with Gasteiger partial charge in [0.1, 0.15) is 22.9 Å². The van der Waals surface area contributed by atoms with Crippen molar-refractivity contribution in [3.05, 3.63) is 52.8 Å². The molecule has 0 bridgehead atoms. The molecule has 2 heterocycles. The summed E-state index contributed by atoms with van der Waals surface area (Å²) in [5, 5.41) is 9.71. The Morgan fingerprint density at radius 3 is 2.39 bits per heavy atom. The lowest BCUT2D eigenvalue weighted by molar-refractivity contribution is 0.379. The van der Waals surface area contributed by atoms with Gasteiger partial charge >= 0.3 is 0 Å². The van der Waals surface area contributed by atoms with Gasteiger partial charge < -0.3 is 14.5 Å². The SMILES string of the molecule is COc1cc(OC)cc(-n2c(=O)c(-c3nc4ccccc4[nH]3)c(NO)n2C)c1. The van der Waals surface area contributed by atoms with Crippen LogP contribution in [-0.4, -0.2) is 38.8 Å². The summed E-state index contributed by atoms with van der Waals surface area (Å²) in [6.07, 6.45) is 0. The molecule has 0 aliphatic heterocycles. The average Bonchev–Trinajstić information content (AvgIpc) is 3.24. The Morgan fingerprint density at radius 1 is 1.11 bits per heavy atom. The molecule has 0 saturated heterocycles. The van der Waals surface area contributed by atoms with Gasteiger partial charge in [0.05, 0.1) is 30.9 Å². The van der Waals surface area contributed by atoms with Crippen molar-refractivity contribution in [3.63, 3.8) is 0 Å². The Morgan fingerprint density at radius 2 is 1.79 bits per heavy atom. The minimum Gasteiger partial charge on any atom is -0.497 e. The first-order chi connectivity index (χ1) is 13.6. The van der Waals surface area contributed by atoms with Crippen LogP contribution in [0.1, 0.15) is 0 Å². The van der Waals surface area contributed by atoms with Gasteiger partial charge in [0.2, 0.25) is 0 Å². The number of para-hydroxylation sites is 2. The molecule has 0 spiro atoms. The van der Waals surface area contributed by atoms with Crippen molar-refractivity contribution >= 4 is 16.9 Å². The fourth-order valence-corrected chi connectivity index (χ4v) is 3.22. The van der Waals surface area contributed by atoms with Gasteiger partial charge in [0, 0.05) is 25.2 Å². The molecule has 0 aliphatic carbocycles. The number of anilines is 1. The number of benzene rings is 2. The van der Waals surface area contributed by atoms with E-state index in [9.17, 15) is 10.0 Å². The maximum absolute atomic E-state index is 13.3. The zero-order valence-corrected chi connectivity index (χ0v) is 15.6. The van der Waals surface area contributed by atoms with Crippen LogP contribution < -0.4 is 20.5 Å². The number of fused-ring (bicyclic) bond motifs is 1. The first kappa shape index (κ1) is 17.7. The molecule has 2 aromatic carbocycles. The number of aromatic amines is 1. The maximum Gasteiger partial charge on any atom is 0.284 e. The number of H-pyrrole nitrogens is 1. The lowest BCUT2D eigenvalue weighted by atomic mass is 10.2. The third kappa shape index (κ3) is 2.69. The molecule has 0 radical (unpaired) electrons. The summed E-state index contributed by atoms with van der Waals surface area (Å²) in [7, 11) is 4.72. The minimum absolute atomic E-state index is 0.200. The van der Waals surface area contributed by atoms with E-state index in [-0.39, 0.29) is 16.9 Å². The van der Waals surface area contributed by atoms with Gasteiger partial charge in [-0.2, -0.15) is 0 Å². The third-order valence-electron chi connectivity index (χ3n) is 4.58. The molecule has 144 valence electrons. The van der Waals surface area contributed by atoms with Crippen LogP contribution in [0.5, 0.6) is 11.5 Å². The van der Waals surface area contributed by atoms with Gasteiger partial charge in [-0.05, 0) is 12.1 Å². The molecular formula is C19H19N5O4. The number of nitrogens with one attached hydrogen (secondary N) is 2. The van der Waals surface area contributed by atoms with E-state index in [0.717, 1.165) is 11.0 Å². The largest absolute Gasteiger partial charge is 0.497 e. The van der Waals surface area contributed by atoms with E-state index in [4.69, 9.17) is 9.47 Å². The number of rotatable bonds is 5. The predicted molar refractivity (Wildman–Crippen MR) is 105 cm³/mol. The standard InChI is InChI=1S/C19H19N5O4/c1-23-18(22-26)16(17-20-14-6-4-5-7-15(14)21-17)19(25)24(23)11-8-12(27-2)10-13(9-11)28-3/h4-10,22,26H,1-3H3,(H,20,21). The molecule has 28 heavy (non-hydrogen) atoms. The highest BCUT2D eigenvalue weighted by atomic mass is 16.5. The zero-order valence-electron chi connectivity index (χ0n) is 15.6. The van der Waals surface area contributed by atoms with Gasteiger partial charge in [-0.1, -0.05) is 12.1 Å². The molecule has 9 heteroatoms. The summed E-state index contributed by atoms with van der Waals surface area (Å²) >= 11 is 0. The van der Waals surface area contributed by atoms with Crippen molar-refractivity contribution in [2.24, 2.45) is 7.05 Å². The summed E-state index contributed by atoms with van der Waals surface area (Å²) in [6.45, 7) is 0. The van der Waals surface area contributed by atoms with Crippen LogP contribution in [0.25, 0.3) is 28.1 Å². The van der Waals surface area contributed by atoms with Gasteiger partial charge in [-0.3, -0.25) is 20.2 Å². The van der Waals surface area contributed by atoms with E-state index in [1.54, 1.807) is 25.2 Å². The number of hydrogen-bond donors (Lipinski definition) is 3. The number of nitrogens with zero attached hydrogens (tertiary/aromatic N) is 3. The molecule has 0 fully saturated rings. The van der Waals surface area contributed by atoms with Crippen LogP contribution in [-0.2, 0) is 7.05 Å². The average molecular weight is 381 g/mol. The summed E-state index contributed by atoms with van der Waals surface area (Å²) in [6, 6.07) is 12.6. The fourth-order valence-electron chi connectivity index (χ4n) is 3.22. The molecule has 0 atom stereocenters. The Labute approximate surface area is 159 Å². The molecule has 2 aromatic heterocycles. The van der Waals surface area contributed by atoms with Gasteiger partial charge in [-0.25, -0.2) is 9.67 Å². The second-order valence-electron chi connectivity index (χ2n) is 6.15. The second kappa shape index (κ2) is 6.78. The van der Waals surface area contributed by atoms with Crippen molar-refractivity contribution in [2.45, 2.75) is 0 Å². The normalized spacial score (nSPS) is 11.0. The van der Waals surface area contributed by atoms with Crippen LogP contribution in [0.4, 0.5) is 5.82 Å². The Hall–Kier alpha value is -3.72. The molecule has 0 saturated carbocycles. The molecule has 3 N–H and O–H groups in total. The lowest BCUT2D eigenvalue weighted by Crippen LogP contribution is -2.20. The number of aromatic nitrogens is 4. The van der Waals surface area contributed by atoms with Crippen LogP contribution in [0.3, 0.4) is 0 Å². The Kier molecular flexibility index (Phi) is 4.28. The number of imidazole rings is 1. The van der Waals surface area contributed by atoms with Crippen LogP contribution >= 0.6 is 0 Å². The van der Waals surface area contributed by atoms with Crippen molar-refractivity contribution < 1.29 is 14.7 Å². The summed E-state index contributed by atoms with van der Waals surface area (Å²) in [4.78, 5) is 20.9. The molecule has 0 amide bonds. The van der Waals surface area contributed by atoms with E-state index < -0.39 is 0 Å². The molecule has 0 aliphatic rings.